The molecule has 14 heavy (non-hydrogen) atoms. The molecule has 78 valence electrons. The van der Waals surface area contributed by atoms with Gasteiger partial charge in [0.1, 0.15) is 0 Å². The van der Waals surface area contributed by atoms with Crippen LogP contribution in [0.1, 0.15) is 24.2 Å². The number of hydrogen-bond donors (Lipinski definition) is 0. The molecule has 1 aromatic carbocycles. The van der Waals surface area contributed by atoms with Crippen molar-refractivity contribution in [2.45, 2.75) is 18.7 Å². The van der Waals surface area contributed by atoms with Gasteiger partial charge in [-0.1, -0.05) is 26.0 Å². The highest BCUT2D eigenvalue weighted by Gasteiger charge is 2.08. The Morgan fingerprint density at radius 2 is 1.86 bits per heavy atom. The van der Waals surface area contributed by atoms with E-state index >= 15 is 0 Å². The van der Waals surface area contributed by atoms with Gasteiger partial charge in [-0.25, -0.2) is 4.79 Å². The molecule has 0 aliphatic rings. The molecular weight excluding hydrogens is 196 g/mol. The molecule has 0 amide bonds. The van der Waals surface area contributed by atoms with Crippen molar-refractivity contribution in [3.05, 3.63) is 29.8 Å². The predicted octanol–water partition coefficient (Wildman–Crippen LogP) is 3.22. The van der Waals surface area contributed by atoms with Gasteiger partial charge in [0.25, 0.3) is 0 Å². The van der Waals surface area contributed by atoms with Gasteiger partial charge in [-0.05, 0) is 18.4 Å². The molecule has 0 saturated heterocycles. The van der Waals surface area contributed by atoms with Crippen molar-refractivity contribution in [3.8, 4) is 0 Å². The van der Waals surface area contributed by atoms with Crippen molar-refractivity contribution in [1.29, 1.82) is 0 Å². The third kappa shape index (κ3) is 3.42. The summed E-state index contributed by atoms with van der Waals surface area (Å²) < 4.78 is 4.63. The van der Waals surface area contributed by atoms with Crippen molar-refractivity contribution >= 4 is 17.7 Å². The molecule has 0 aromatic heterocycles. The second kappa shape index (κ2) is 7.44. The molecule has 0 radical (unpaired) electrons. The monoisotopic (exact) mass is 212 g/mol. The Hall–Kier alpha value is -0.960. The first-order chi connectivity index (χ1) is 6.79. The van der Waals surface area contributed by atoms with E-state index in [1.54, 1.807) is 6.07 Å². The summed E-state index contributed by atoms with van der Waals surface area (Å²) in [5, 5.41) is 0. The van der Waals surface area contributed by atoms with Gasteiger partial charge in [-0.15, -0.1) is 11.8 Å². The van der Waals surface area contributed by atoms with E-state index in [2.05, 4.69) is 4.74 Å². The van der Waals surface area contributed by atoms with Crippen LogP contribution in [-0.4, -0.2) is 19.3 Å². The van der Waals surface area contributed by atoms with Crippen molar-refractivity contribution in [1.82, 2.24) is 0 Å². The van der Waals surface area contributed by atoms with Crippen LogP contribution in [0.15, 0.2) is 29.2 Å². The molecule has 0 aliphatic carbocycles. The molecule has 1 rings (SSSR count). The molecule has 0 unspecified atom stereocenters. The van der Waals surface area contributed by atoms with E-state index < -0.39 is 0 Å². The second-order valence-electron chi connectivity index (χ2n) is 2.19. The molecule has 2 nitrogen and oxygen atoms in total. The van der Waals surface area contributed by atoms with E-state index in [1.165, 1.54) is 18.9 Å². The Labute approximate surface area is 89.7 Å². The number of benzene rings is 1. The van der Waals surface area contributed by atoms with Crippen LogP contribution in [0.25, 0.3) is 0 Å². The van der Waals surface area contributed by atoms with Crippen LogP contribution >= 0.6 is 11.8 Å². The second-order valence-corrected chi connectivity index (χ2v) is 3.04. The summed E-state index contributed by atoms with van der Waals surface area (Å²) in [6, 6.07) is 7.39. The number of thioether (sulfide) groups is 1. The highest BCUT2D eigenvalue weighted by atomic mass is 32.2. The molecule has 0 saturated carbocycles. The summed E-state index contributed by atoms with van der Waals surface area (Å²) in [5.74, 6) is -0.278. The van der Waals surface area contributed by atoms with Crippen LogP contribution in [-0.2, 0) is 4.74 Å². The van der Waals surface area contributed by atoms with Crippen molar-refractivity contribution in [2.75, 3.05) is 13.4 Å². The lowest BCUT2D eigenvalue weighted by atomic mass is 10.2. The maximum atomic E-state index is 11.2. The summed E-state index contributed by atoms with van der Waals surface area (Å²) in [6.07, 6.45) is 1.93. The largest absolute Gasteiger partial charge is 0.465 e. The molecule has 0 fully saturated rings. The van der Waals surface area contributed by atoms with E-state index in [-0.39, 0.29) is 5.97 Å². The van der Waals surface area contributed by atoms with Gasteiger partial charge in [0, 0.05) is 4.90 Å². The topological polar surface area (TPSA) is 26.3 Å². The molecule has 0 bridgehead atoms. The summed E-state index contributed by atoms with van der Waals surface area (Å²) in [5.41, 5.74) is 0.632. The Bertz CT molecular complexity index is 284. The van der Waals surface area contributed by atoms with E-state index in [9.17, 15) is 4.79 Å². The van der Waals surface area contributed by atoms with E-state index in [1.807, 2.05) is 38.3 Å². The van der Waals surface area contributed by atoms with Gasteiger partial charge in [0.05, 0.1) is 12.7 Å². The minimum atomic E-state index is -0.278. The van der Waals surface area contributed by atoms with Crippen LogP contribution in [0, 0.1) is 0 Å². The van der Waals surface area contributed by atoms with Gasteiger partial charge in [0.15, 0.2) is 0 Å². The summed E-state index contributed by atoms with van der Waals surface area (Å²) in [7, 11) is 1.39. The first-order valence-corrected chi connectivity index (χ1v) is 5.73. The average molecular weight is 212 g/mol. The fraction of sp³-hybridized carbons (Fsp3) is 0.364. The number of carbonyl (C=O) groups is 1. The number of hydrogen-bond acceptors (Lipinski definition) is 3. The predicted molar refractivity (Wildman–Crippen MR) is 60.9 cm³/mol. The third-order valence-corrected chi connectivity index (χ3v) is 2.31. The molecule has 0 spiro atoms. The number of rotatable bonds is 2. The summed E-state index contributed by atoms with van der Waals surface area (Å²) >= 11 is 1.54. The van der Waals surface area contributed by atoms with Crippen LogP contribution in [0.4, 0.5) is 0 Å². The van der Waals surface area contributed by atoms with Crippen molar-refractivity contribution in [2.24, 2.45) is 0 Å². The van der Waals surface area contributed by atoms with Crippen molar-refractivity contribution < 1.29 is 9.53 Å². The van der Waals surface area contributed by atoms with E-state index in [4.69, 9.17) is 0 Å². The Morgan fingerprint density at radius 3 is 2.36 bits per heavy atom. The maximum Gasteiger partial charge on any atom is 0.338 e. The third-order valence-electron chi connectivity index (χ3n) is 1.51. The van der Waals surface area contributed by atoms with Gasteiger partial charge < -0.3 is 4.74 Å². The number of esters is 1. The molecule has 0 N–H and O–H groups in total. The fourth-order valence-electron chi connectivity index (χ4n) is 0.923. The van der Waals surface area contributed by atoms with E-state index in [0.717, 1.165) is 4.90 Å². The van der Waals surface area contributed by atoms with Crippen LogP contribution in [0.5, 0.6) is 0 Å². The highest BCUT2D eigenvalue weighted by molar-refractivity contribution is 7.98. The standard InChI is InChI=1S/C9H10O2S.C2H6/c1-11-9(10)7-5-3-4-6-8(7)12-2;1-2/h3-6H,1-2H3;1-2H3. The first-order valence-electron chi connectivity index (χ1n) is 4.51. The van der Waals surface area contributed by atoms with Crippen molar-refractivity contribution in [3.63, 3.8) is 0 Å². The number of carbonyl (C=O) groups excluding carboxylic acids is 1. The fourth-order valence-corrected chi connectivity index (χ4v) is 1.51. The SMILES string of the molecule is CC.COC(=O)c1ccccc1SC. The first kappa shape index (κ1) is 13.0. The van der Waals surface area contributed by atoms with Crippen LogP contribution in [0.2, 0.25) is 0 Å². The highest BCUT2D eigenvalue weighted by Crippen LogP contribution is 2.19. The molecule has 1 aromatic rings. The van der Waals surface area contributed by atoms with Crippen LogP contribution in [0.3, 0.4) is 0 Å². The lowest BCUT2D eigenvalue weighted by molar-refractivity contribution is 0.0597. The molecule has 3 heteroatoms. The minimum absolute atomic E-state index is 0.278. The minimum Gasteiger partial charge on any atom is -0.465 e. The molecule has 0 atom stereocenters. The molecule has 0 aliphatic heterocycles. The number of ether oxygens (including phenoxy) is 1. The Kier molecular flexibility index (Phi) is 6.93. The van der Waals surface area contributed by atoms with Gasteiger partial charge in [-0.3, -0.25) is 0 Å². The van der Waals surface area contributed by atoms with Gasteiger partial charge in [-0.2, -0.15) is 0 Å². The zero-order chi connectivity index (χ0) is 11.0. The average Bonchev–Trinajstić information content (AvgIpc) is 2.30. The quantitative estimate of drug-likeness (QED) is 0.556. The maximum absolute atomic E-state index is 11.2. The Balaban J connectivity index is 0.000000791. The van der Waals surface area contributed by atoms with Gasteiger partial charge in [0.2, 0.25) is 0 Å². The molecular formula is C11H16O2S. The summed E-state index contributed by atoms with van der Waals surface area (Å²) in [6.45, 7) is 4.00. The number of methoxy groups -OCH3 is 1. The lowest BCUT2D eigenvalue weighted by Crippen LogP contribution is -2.02. The zero-order valence-electron chi connectivity index (χ0n) is 9.03. The normalized spacial score (nSPS) is 8.57. The van der Waals surface area contributed by atoms with Gasteiger partial charge >= 0.3 is 5.97 Å². The zero-order valence-corrected chi connectivity index (χ0v) is 9.85. The Morgan fingerprint density at radius 1 is 1.29 bits per heavy atom. The summed E-state index contributed by atoms with van der Waals surface area (Å²) in [4.78, 5) is 12.1. The molecule has 0 heterocycles. The van der Waals surface area contributed by atoms with Crippen LogP contribution < -0.4 is 0 Å². The van der Waals surface area contributed by atoms with E-state index in [0.29, 0.717) is 5.56 Å². The smallest absolute Gasteiger partial charge is 0.338 e. The lowest BCUT2D eigenvalue weighted by Gasteiger charge is -2.03.